The number of anilines is 1. The van der Waals surface area contributed by atoms with Crippen molar-refractivity contribution >= 4 is 17.3 Å². The van der Waals surface area contributed by atoms with E-state index in [1.807, 2.05) is 18.5 Å². The maximum absolute atomic E-state index is 5.97. The fourth-order valence-electron chi connectivity index (χ4n) is 2.00. The van der Waals surface area contributed by atoms with E-state index in [0.29, 0.717) is 5.88 Å². The second-order valence-corrected chi connectivity index (χ2v) is 4.79. The Morgan fingerprint density at radius 1 is 1.50 bits per heavy atom. The Hall–Kier alpha value is -0.760. The van der Waals surface area contributed by atoms with Crippen LogP contribution in [0.15, 0.2) is 18.5 Å². The summed E-state index contributed by atoms with van der Waals surface area (Å²) < 4.78 is 0. The predicted molar refractivity (Wildman–Crippen MR) is 69.0 cm³/mol. The largest absolute Gasteiger partial charge is 0.370 e. The molecule has 1 aromatic heterocycles. The molecule has 0 bridgehead atoms. The van der Waals surface area contributed by atoms with Crippen LogP contribution in [-0.2, 0) is 5.88 Å². The molecule has 88 valence electrons. The number of aromatic nitrogens is 1. The molecule has 16 heavy (non-hydrogen) atoms. The molecule has 3 heteroatoms. The number of halogens is 1. The van der Waals surface area contributed by atoms with Crippen LogP contribution in [0.4, 0.5) is 5.69 Å². The van der Waals surface area contributed by atoms with Gasteiger partial charge in [0.2, 0.25) is 0 Å². The normalized spacial score (nSPS) is 15.1. The lowest BCUT2D eigenvalue weighted by molar-refractivity contribution is 0.704. The SMILES string of the molecule is CCCN(CC1CC1)c1cnccc1CCl. The Morgan fingerprint density at radius 3 is 2.94 bits per heavy atom. The van der Waals surface area contributed by atoms with Crippen molar-refractivity contribution in [2.75, 3.05) is 18.0 Å². The highest BCUT2D eigenvalue weighted by atomic mass is 35.5. The molecule has 0 radical (unpaired) electrons. The van der Waals surface area contributed by atoms with Gasteiger partial charge in [0.25, 0.3) is 0 Å². The first kappa shape index (κ1) is 11.7. The zero-order valence-electron chi connectivity index (χ0n) is 9.82. The summed E-state index contributed by atoms with van der Waals surface area (Å²) in [5.41, 5.74) is 2.43. The first-order valence-electron chi connectivity index (χ1n) is 6.09. The van der Waals surface area contributed by atoms with E-state index >= 15 is 0 Å². The molecule has 0 aromatic carbocycles. The van der Waals surface area contributed by atoms with Gasteiger partial charge in [-0.2, -0.15) is 0 Å². The first-order valence-corrected chi connectivity index (χ1v) is 6.62. The van der Waals surface area contributed by atoms with Gasteiger partial charge >= 0.3 is 0 Å². The molecule has 0 N–H and O–H groups in total. The third-order valence-corrected chi connectivity index (χ3v) is 3.33. The van der Waals surface area contributed by atoms with Crippen LogP contribution in [0, 0.1) is 5.92 Å². The third kappa shape index (κ3) is 2.88. The summed E-state index contributed by atoms with van der Waals surface area (Å²) in [6, 6.07) is 2.03. The number of nitrogens with zero attached hydrogens (tertiary/aromatic N) is 2. The van der Waals surface area contributed by atoms with Crippen LogP contribution >= 0.6 is 11.6 Å². The molecule has 1 aromatic rings. The van der Waals surface area contributed by atoms with Crippen LogP contribution in [-0.4, -0.2) is 18.1 Å². The number of hydrogen-bond acceptors (Lipinski definition) is 2. The lowest BCUT2D eigenvalue weighted by Gasteiger charge is -2.25. The minimum atomic E-state index is 0.572. The van der Waals surface area contributed by atoms with Crippen molar-refractivity contribution in [3.63, 3.8) is 0 Å². The first-order chi connectivity index (χ1) is 7.85. The van der Waals surface area contributed by atoms with Gasteiger partial charge in [0.05, 0.1) is 11.9 Å². The molecule has 0 aliphatic heterocycles. The second-order valence-electron chi connectivity index (χ2n) is 4.53. The monoisotopic (exact) mass is 238 g/mol. The Labute approximate surface area is 103 Å². The topological polar surface area (TPSA) is 16.1 Å². The predicted octanol–water partition coefficient (Wildman–Crippen LogP) is 3.45. The highest BCUT2D eigenvalue weighted by molar-refractivity contribution is 6.17. The van der Waals surface area contributed by atoms with Crippen LogP contribution in [0.3, 0.4) is 0 Å². The van der Waals surface area contributed by atoms with Crippen LogP contribution < -0.4 is 4.90 Å². The lowest BCUT2D eigenvalue weighted by atomic mass is 10.2. The van der Waals surface area contributed by atoms with Crippen molar-refractivity contribution in [3.8, 4) is 0 Å². The molecule has 0 saturated heterocycles. The summed E-state index contributed by atoms with van der Waals surface area (Å²) in [7, 11) is 0. The van der Waals surface area contributed by atoms with Gasteiger partial charge in [-0.15, -0.1) is 11.6 Å². The number of pyridine rings is 1. The smallest absolute Gasteiger partial charge is 0.0597 e. The molecular formula is C13H19ClN2. The van der Waals surface area contributed by atoms with Crippen LogP contribution in [0.2, 0.25) is 0 Å². The van der Waals surface area contributed by atoms with E-state index in [-0.39, 0.29) is 0 Å². The molecule has 1 heterocycles. The van der Waals surface area contributed by atoms with E-state index in [1.54, 1.807) is 0 Å². The number of hydrogen-bond donors (Lipinski definition) is 0. The Morgan fingerprint density at radius 2 is 2.31 bits per heavy atom. The third-order valence-electron chi connectivity index (χ3n) is 3.04. The fraction of sp³-hybridized carbons (Fsp3) is 0.615. The van der Waals surface area contributed by atoms with Gasteiger partial charge in [0.15, 0.2) is 0 Å². The molecule has 0 unspecified atom stereocenters. The van der Waals surface area contributed by atoms with Crippen molar-refractivity contribution in [2.24, 2.45) is 5.92 Å². The lowest BCUT2D eigenvalue weighted by Crippen LogP contribution is -2.27. The van der Waals surface area contributed by atoms with E-state index in [2.05, 4.69) is 16.8 Å². The van der Waals surface area contributed by atoms with Crippen LogP contribution in [0.1, 0.15) is 31.7 Å². The summed E-state index contributed by atoms with van der Waals surface area (Å²) in [5.74, 6) is 1.47. The highest BCUT2D eigenvalue weighted by Crippen LogP contribution is 2.32. The van der Waals surface area contributed by atoms with Gasteiger partial charge in [-0.05, 0) is 36.8 Å². The van der Waals surface area contributed by atoms with Crippen molar-refractivity contribution in [1.29, 1.82) is 0 Å². The van der Waals surface area contributed by atoms with Gasteiger partial charge in [-0.25, -0.2) is 0 Å². The van der Waals surface area contributed by atoms with Crippen LogP contribution in [0.5, 0.6) is 0 Å². The standard InChI is InChI=1S/C13H19ClN2/c1-2-7-16(10-11-3-4-11)13-9-15-6-5-12(13)8-14/h5-6,9,11H,2-4,7-8,10H2,1H3. The zero-order chi connectivity index (χ0) is 11.4. The second kappa shape index (κ2) is 5.53. The van der Waals surface area contributed by atoms with Gasteiger partial charge in [0, 0.05) is 25.2 Å². The van der Waals surface area contributed by atoms with Crippen molar-refractivity contribution in [1.82, 2.24) is 4.98 Å². The molecule has 1 saturated carbocycles. The Balaban J connectivity index is 2.14. The van der Waals surface area contributed by atoms with Gasteiger partial charge < -0.3 is 4.90 Å². The average molecular weight is 239 g/mol. The quantitative estimate of drug-likeness (QED) is 0.706. The molecule has 0 spiro atoms. The molecule has 1 fully saturated rings. The number of rotatable bonds is 6. The highest BCUT2D eigenvalue weighted by Gasteiger charge is 2.24. The Bertz CT molecular complexity index is 336. The average Bonchev–Trinajstić information content (AvgIpc) is 3.12. The van der Waals surface area contributed by atoms with Crippen molar-refractivity contribution in [2.45, 2.75) is 32.1 Å². The summed E-state index contributed by atoms with van der Waals surface area (Å²) in [6.45, 7) is 4.49. The molecule has 2 rings (SSSR count). The summed E-state index contributed by atoms with van der Waals surface area (Å²) in [5, 5.41) is 0. The van der Waals surface area contributed by atoms with Gasteiger partial charge in [-0.3, -0.25) is 4.98 Å². The van der Waals surface area contributed by atoms with E-state index in [0.717, 1.165) is 12.5 Å². The van der Waals surface area contributed by atoms with E-state index < -0.39 is 0 Å². The van der Waals surface area contributed by atoms with Gasteiger partial charge in [0.1, 0.15) is 0 Å². The minimum absolute atomic E-state index is 0.572. The molecule has 1 aliphatic carbocycles. The maximum atomic E-state index is 5.97. The fourth-order valence-corrected chi connectivity index (χ4v) is 2.23. The van der Waals surface area contributed by atoms with E-state index in [1.165, 1.54) is 37.1 Å². The van der Waals surface area contributed by atoms with Crippen molar-refractivity contribution in [3.05, 3.63) is 24.0 Å². The van der Waals surface area contributed by atoms with E-state index in [4.69, 9.17) is 11.6 Å². The minimum Gasteiger partial charge on any atom is -0.370 e. The molecule has 2 nitrogen and oxygen atoms in total. The summed E-state index contributed by atoms with van der Waals surface area (Å²) >= 11 is 5.97. The number of alkyl halides is 1. The summed E-state index contributed by atoms with van der Waals surface area (Å²) in [4.78, 5) is 6.67. The molecular weight excluding hydrogens is 220 g/mol. The van der Waals surface area contributed by atoms with E-state index in [9.17, 15) is 0 Å². The molecule has 1 aliphatic rings. The maximum Gasteiger partial charge on any atom is 0.0597 e. The summed E-state index contributed by atoms with van der Waals surface area (Å²) in [6.07, 6.45) is 7.72. The zero-order valence-corrected chi connectivity index (χ0v) is 10.6. The Kier molecular flexibility index (Phi) is 4.05. The van der Waals surface area contributed by atoms with Crippen LogP contribution in [0.25, 0.3) is 0 Å². The molecule has 0 atom stereocenters. The molecule has 0 amide bonds. The van der Waals surface area contributed by atoms with Gasteiger partial charge in [-0.1, -0.05) is 6.92 Å². The van der Waals surface area contributed by atoms with Crippen molar-refractivity contribution < 1.29 is 0 Å².